The molecule has 234 valence electrons. The summed E-state index contributed by atoms with van der Waals surface area (Å²) in [4.78, 5) is 4.98. The van der Waals surface area contributed by atoms with Crippen LogP contribution in [0.25, 0.3) is 0 Å². The van der Waals surface area contributed by atoms with E-state index in [1.54, 1.807) is 0 Å². The Morgan fingerprint density at radius 1 is 0.435 bits per heavy atom. The van der Waals surface area contributed by atoms with E-state index in [0.717, 1.165) is 74.1 Å². The monoisotopic (exact) mass is 608 g/mol. The fraction of sp³-hybridized carbons (Fsp3) is 0.286. The van der Waals surface area contributed by atoms with Gasteiger partial charge in [-0.15, -0.1) is 0 Å². The first-order chi connectivity index (χ1) is 22.6. The molecule has 46 heavy (non-hydrogen) atoms. The van der Waals surface area contributed by atoms with Gasteiger partial charge in [-0.3, -0.25) is 9.80 Å². The van der Waals surface area contributed by atoms with E-state index in [1.807, 2.05) is 72.8 Å². The van der Waals surface area contributed by atoms with Crippen LogP contribution in [0.2, 0.25) is 0 Å². The van der Waals surface area contributed by atoms with Gasteiger partial charge in [0.2, 0.25) is 0 Å². The van der Waals surface area contributed by atoms with Gasteiger partial charge in [-0.25, -0.2) is 0 Å². The van der Waals surface area contributed by atoms with Crippen LogP contribution < -0.4 is 0 Å². The molecule has 2 aliphatic heterocycles. The van der Waals surface area contributed by atoms with Gasteiger partial charge in [-0.2, -0.15) is 0 Å². The van der Waals surface area contributed by atoms with Crippen molar-refractivity contribution < 1.29 is 10.2 Å². The van der Waals surface area contributed by atoms with Crippen molar-refractivity contribution in [2.75, 3.05) is 13.1 Å². The first-order valence-corrected chi connectivity index (χ1v) is 16.8. The molecule has 2 aliphatic rings. The number of nitrogens with zero attached hydrogens (tertiary/aromatic N) is 2. The van der Waals surface area contributed by atoms with Crippen LogP contribution in [0.1, 0.15) is 59.1 Å². The summed E-state index contributed by atoms with van der Waals surface area (Å²) in [5, 5.41) is 25.3. The number of aliphatic hydroxyl groups is 2. The molecular weight excluding hydrogens is 564 g/mol. The summed E-state index contributed by atoms with van der Waals surface area (Å²) in [6.07, 6.45) is 3.95. The van der Waals surface area contributed by atoms with Crippen LogP contribution in [-0.4, -0.2) is 45.2 Å². The van der Waals surface area contributed by atoms with Gasteiger partial charge in [-0.1, -0.05) is 146 Å². The van der Waals surface area contributed by atoms with E-state index in [4.69, 9.17) is 0 Å². The molecule has 4 heteroatoms. The van der Waals surface area contributed by atoms with Crippen LogP contribution in [0.15, 0.2) is 146 Å². The summed E-state index contributed by atoms with van der Waals surface area (Å²) in [7, 11) is 0. The van der Waals surface area contributed by atoms with Gasteiger partial charge in [0, 0.05) is 25.2 Å². The van der Waals surface area contributed by atoms with E-state index in [-0.39, 0.29) is 12.1 Å². The van der Waals surface area contributed by atoms with Crippen molar-refractivity contribution in [2.45, 2.75) is 62.1 Å². The molecule has 2 atom stereocenters. The zero-order valence-electron chi connectivity index (χ0n) is 26.5. The van der Waals surface area contributed by atoms with Crippen LogP contribution in [0, 0.1) is 0 Å². The maximum Gasteiger partial charge on any atom is 0.130 e. The van der Waals surface area contributed by atoms with Crippen LogP contribution in [0.4, 0.5) is 0 Å². The quantitative estimate of drug-likeness (QED) is 0.173. The highest BCUT2D eigenvalue weighted by molar-refractivity contribution is 5.40. The van der Waals surface area contributed by atoms with Crippen molar-refractivity contribution in [2.24, 2.45) is 0 Å². The molecular formula is C42H44N2O2. The topological polar surface area (TPSA) is 46.9 Å². The molecule has 2 fully saturated rings. The molecule has 5 aromatic rings. The minimum atomic E-state index is -1.12. The normalized spacial score (nSPS) is 19.4. The molecule has 0 aliphatic carbocycles. The molecule has 4 nitrogen and oxygen atoms in total. The lowest BCUT2D eigenvalue weighted by Crippen LogP contribution is -2.48. The molecule has 0 amide bonds. The molecule has 2 heterocycles. The molecule has 2 N–H and O–H groups in total. The zero-order valence-corrected chi connectivity index (χ0v) is 26.5. The molecule has 0 saturated carbocycles. The van der Waals surface area contributed by atoms with Gasteiger partial charge >= 0.3 is 0 Å². The van der Waals surface area contributed by atoms with Gasteiger partial charge in [0.15, 0.2) is 0 Å². The second-order valence-corrected chi connectivity index (χ2v) is 13.0. The molecule has 5 aromatic carbocycles. The summed E-state index contributed by atoms with van der Waals surface area (Å²) in [6.45, 7) is 3.41. The van der Waals surface area contributed by atoms with E-state index >= 15 is 0 Å². The van der Waals surface area contributed by atoms with E-state index in [2.05, 4.69) is 82.6 Å². The van der Waals surface area contributed by atoms with Gasteiger partial charge in [0.1, 0.15) is 11.2 Å². The predicted molar refractivity (Wildman–Crippen MR) is 185 cm³/mol. The second kappa shape index (κ2) is 13.4. The Labute approximate surface area is 273 Å². The molecule has 0 aromatic heterocycles. The standard InChI is InChI=1S/C42H44N2O2/c45-41(35-19-5-1-6-20-35,36-21-7-2-8-22-36)39-27-15-29-43(39)31-33-17-13-14-18-34(33)32-44-30-16-28-40(44)42(46,37-23-9-3-10-24-37)38-25-11-4-12-26-38/h1-14,17-26,39-40,45-46H,15-16,27-32H2/t39-,40-/m0/s1. The Hall–Kier alpha value is -4.06. The zero-order chi connectivity index (χ0) is 31.4. The van der Waals surface area contributed by atoms with Gasteiger partial charge in [-0.05, 0) is 72.2 Å². The van der Waals surface area contributed by atoms with Crippen LogP contribution in [-0.2, 0) is 24.3 Å². The molecule has 0 unspecified atom stereocenters. The van der Waals surface area contributed by atoms with Gasteiger partial charge < -0.3 is 10.2 Å². The molecule has 0 spiro atoms. The average molecular weight is 609 g/mol. The third-order valence-electron chi connectivity index (χ3n) is 10.4. The van der Waals surface area contributed by atoms with Crippen molar-refractivity contribution in [1.29, 1.82) is 0 Å². The van der Waals surface area contributed by atoms with Crippen LogP contribution in [0.3, 0.4) is 0 Å². The lowest BCUT2D eigenvalue weighted by molar-refractivity contribution is -0.00891. The Bertz CT molecular complexity index is 1490. The van der Waals surface area contributed by atoms with Crippen LogP contribution in [0.5, 0.6) is 0 Å². The maximum absolute atomic E-state index is 12.7. The fourth-order valence-corrected chi connectivity index (χ4v) is 8.15. The third-order valence-corrected chi connectivity index (χ3v) is 10.4. The van der Waals surface area contributed by atoms with Crippen molar-refractivity contribution >= 4 is 0 Å². The molecule has 0 radical (unpaired) electrons. The van der Waals surface area contributed by atoms with Crippen molar-refractivity contribution in [3.05, 3.63) is 179 Å². The van der Waals surface area contributed by atoms with Gasteiger partial charge in [0.25, 0.3) is 0 Å². The molecule has 0 bridgehead atoms. The Kier molecular flexibility index (Phi) is 8.88. The van der Waals surface area contributed by atoms with Crippen molar-refractivity contribution in [3.63, 3.8) is 0 Å². The number of likely N-dealkylation sites (tertiary alicyclic amines) is 2. The molecule has 2 saturated heterocycles. The maximum atomic E-state index is 12.7. The first-order valence-electron chi connectivity index (χ1n) is 16.8. The number of hydrogen-bond acceptors (Lipinski definition) is 4. The van der Waals surface area contributed by atoms with E-state index in [0.29, 0.717) is 0 Å². The lowest BCUT2D eigenvalue weighted by Gasteiger charge is -2.41. The SMILES string of the molecule is OC(c1ccccc1)(c1ccccc1)[C@@H]1CCCN1Cc1ccccc1CN1CCC[C@H]1C(O)(c1ccccc1)c1ccccc1. The summed E-state index contributed by atoms with van der Waals surface area (Å²) in [6, 6.07) is 49.4. The number of hydrogen-bond donors (Lipinski definition) is 2. The Morgan fingerprint density at radius 3 is 1.02 bits per heavy atom. The van der Waals surface area contributed by atoms with E-state index in [9.17, 15) is 10.2 Å². The van der Waals surface area contributed by atoms with Crippen molar-refractivity contribution in [1.82, 2.24) is 9.80 Å². The Morgan fingerprint density at radius 2 is 0.717 bits per heavy atom. The second-order valence-electron chi connectivity index (χ2n) is 13.0. The third kappa shape index (κ3) is 5.72. The van der Waals surface area contributed by atoms with E-state index in [1.165, 1.54) is 11.1 Å². The number of benzene rings is 5. The highest BCUT2D eigenvalue weighted by atomic mass is 16.3. The van der Waals surface area contributed by atoms with E-state index < -0.39 is 11.2 Å². The minimum absolute atomic E-state index is 0.0499. The summed E-state index contributed by atoms with van der Waals surface area (Å²) < 4.78 is 0. The molecule has 7 rings (SSSR count). The number of rotatable bonds is 10. The summed E-state index contributed by atoms with van der Waals surface area (Å²) >= 11 is 0. The minimum Gasteiger partial charge on any atom is -0.379 e. The van der Waals surface area contributed by atoms with Gasteiger partial charge in [0.05, 0.1) is 0 Å². The average Bonchev–Trinajstić information content (AvgIpc) is 3.80. The predicted octanol–water partition coefficient (Wildman–Crippen LogP) is 7.49. The highest BCUT2D eigenvalue weighted by Gasteiger charge is 2.47. The summed E-state index contributed by atoms with van der Waals surface area (Å²) in [5.74, 6) is 0. The van der Waals surface area contributed by atoms with Crippen LogP contribution >= 0.6 is 0 Å². The highest BCUT2D eigenvalue weighted by Crippen LogP contribution is 2.43. The van der Waals surface area contributed by atoms with Crippen molar-refractivity contribution in [3.8, 4) is 0 Å². The smallest absolute Gasteiger partial charge is 0.130 e. The fourth-order valence-electron chi connectivity index (χ4n) is 8.15. The first kappa shape index (κ1) is 30.6. The lowest BCUT2D eigenvalue weighted by atomic mass is 9.78. The summed E-state index contributed by atoms with van der Waals surface area (Å²) in [5.41, 5.74) is 4.09. The largest absolute Gasteiger partial charge is 0.379 e. The Balaban J connectivity index is 1.19.